The number of nitrogens with two attached hydrogens (primary N) is 1. The van der Waals surface area contributed by atoms with Crippen LogP contribution in [0.15, 0.2) is 9.59 Å². The van der Waals surface area contributed by atoms with E-state index in [9.17, 15) is 9.59 Å². The maximum atomic E-state index is 11.9. The molecule has 7 heteroatoms. The molecule has 0 aliphatic heterocycles. The number of aliphatic hydroxyl groups is 1. The highest BCUT2D eigenvalue weighted by molar-refractivity contribution is 5.60. The molecule has 1 rings (SSSR count). The number of nitrogens with zero attached hydrogens (tertiary/aromatic N) is 1. The lowest BCUT2D eigenvalue weighted by molar-refractivity contribution is 0.226. The highest BCUT2D eigenvalue weighted by atomic mass is 16.3. The third kappa shape index (κ3) is 3.63. The van der Waals surface area contributed by atoms with Crippen LogP contribution >= 0.6 is 0 Å². The van der Waals surface area contributed by atoms with Gasteiger partial charge >= 0.3 is 5.69 Å². The third-order valence-corrected chi connectivity index (χ3v) is 3.49. The van der Waals surface area contributed by atoms with Gasteiger partial charge in [0, 0.05) is 19.2 Å². The zero-order valence-electron chi connectivity index (χ0n) is 12.3. The Morgan fingerprint density at radius 1 is 1.40 bits per heavy atom. The molecule has 7 nitrogen and oxygen atoms in total. The molecule has 5 N–H and O–H groups in total. The summed E-state index contributed by atoms with van der Waals surface area (Å²) in [5.74, 6) is 0.106. The maximum Gasteiger partial charge on any atom is 0.330 e. The molecule has 2 unspecified atom stereocenters. The number of hydrogen-bond acceptors (Lipinski definition) is 5. The highest BCUT2D eigenvalue weighted by Gasteiger charge is 2.17. The highest BCUT2D eigenvalue weighted by Crippen LogP contribution is 2.15. The summed E-state index contributed by atoms with van der Waals surface area (Å²) in [6, 6.07) is -0.138. The Hall–Kier alpha value is -1.76. The summed E-state index contributed by atoms with van der Waals surface area (Å²) < 4.78 is 1.36. The fourth-order valence-corrected chi connectivity index (χ4v) is 1.79. The van der Waals surface area contributed by atoms with Crippen LogP contribution in [0.25, 0.3) is 0 Å². The van der Waals surface area contributed by atoms with Gasteiger partial charge in [-0.25, -0.2) is 4.79 Å². The number of aromatic amines is 1. The van der Waals surface area contributed by atoms with E-state index in [1.807, 2.05) is 20.8 Å². The summed E-state index contributed by atoms with van der Waals surface area (Å²) in [5.41, 5.74) is 5.10. The van der Waals surface area contributed by atoms with Crippen LogP contribution < -0.4 is 22.3 Å². The average Bonchev–Trinajstić information content (AvgIpc) is 2.42. The number of unbranched alkanes of at least 4 members (excludes halogenated alkanes) is 1. The van der Waals surface area contributed by atoms with E-state index in [4.69, 9.17) is 10.8 Å². The Kier molecular flexibility index (Phi) is 5.82. The lowest BCUT2D eigenvalue weighted by atomic mass is 10.1. The summed E-state index contributed by atoms with van der Waals surface area (Å²) in [4.78, 5) is 25.9. The Labute approximate surface area is 117 Å². The van der Waals surface area contributed by atoms with Gasteiger partial charge < -0.3 is 16.2 Å². The minimum absolute atomic E-state index is 0.00144. The molecule has 114 valence electrons. The Bertz CT molecular complexity index is 550. The van der Waals surface area contributed by atoms with Gasteiger partial charge in [-0.3, -0.25) is 14.3 Å². The van der Waals surface area contributed by atoms with E-state index in [0.29, 0.717) is 6.54 Å². The molecule has 0 saturated carbocycles. The molecule has 0 fully saturated rings. The third-order valence-electron chi connectivity index (χ3n) is 3.49. The van der Waals surface area contributed by atoms with Crippen molar-refractivity contribution in [2.45, 2.75) is 46.2 Å². The summed E-state index contributed by atoms with van der Waals surface area (Å²) in [5, 5.41) is 12.1. The van der Waals surface area contributed by atoms with E-state index in [2.05, 4.69) is 10.3 Å². The molecule has 1 aromatic rings. The molecule has 2 atom stereocenters. The maximum absolute atomic E-state index is 11.9. The van der Waals surface area contributed by atoms with Crippen LogP contribution in [0.1, 0.15) is 33.6 Å². The zero-order chi connectivity index (χ0) is 15.3. The van der Waals surface area contributed by atoms with Crippen molar-refractivity contribution in [1.29, 1.82) is 0 Å². The van der Waals surface area contributed by atoms with Crippen molar-refractivity contribution < 1.29 is 5.11 Å². The van der Waals surface area contributed by atoms with E-state index < -0.39 is 11.2 Å². The fraction of sp³-hybridized carbons (Fsp3) is 0.692. The van der Waals surface area contributed by atoms with E-state index in [1.165, 1.54) is 4.57 Å². The van der Waals surface area contributed by atoms with Crippen molar-refractivity contribution in [3.63, 3.8) is 0 Å². The van der Waals surface area contributed by atoms with Gasteiger partial charge in [-0.1, -0.05) is 20.3 Å². The SMILES string of the molecule is CCCCn1c(N)c(NC(C)C(C)CO)c(=O)[nH]c1=O. The van der Waals surface area contributed by atoms with Crippen LogP contribution in [0.4, 0.5) is 11.5 Å². The number of hydrogen-bond donors (Lipinski definition) is 4. The van der Waals surface area contributed by atoms with Crippen molar-refractivity contribution in [2.75, 3.05) is 17.7 Å². The number of aliphatic hydroxyl groups excluding tert-OH is 1. The standard InChI is InChI=1S/C13H24N4O3/c1-4-5-6-17-11(14)10(12(19)16-13(17)20)15-9(3)8(2)7-18/h8-9,15,18H,4-7,14H2,1-3H3,(H,16,19,20). The first-order valence-electron chi connectivity index (χ1n) is 6.92. The van der Waals surface area contributed by atoms with Crippen LogP contribution in [-0.4, -0.2) is 27.3 Å². The topological polar surface area (TPSA) is 113 Å². The van der Waals surface area contributed by atoms with Gasteiger partial charge in [0.15, 0.2) is 0 Å². The van der Waals surface area contributed by atoms with Gasteiger partial charge in [0.2, 0.25) is 0 Å². The van der Waals surface area contributed by atoms with Gasteiger partial charge in [-0.2, -0.15) is 0 Å². The van der Waals surface area contributed by atoms with Gasteiger partial charge in [-0.05, 0) is 19.3 Å². The summed E-state index contributed by atoms with van der Waals surface area (Å²) in [6.45, 7) is 6.19. The van der Waals surface area contributed by atoms with E-state index in [0.717, 1.165) is 12.8 Å². The average molecular weight is 284 g/mol. The summed E-state index contributed by atoms with van der Waals surface area (Å²) in [6.07, 6.45) is 1.73. The second-order valence-corrected chi connectivity index (χ2v) is 5.12. The second kappa shape index (κ2) is 7.14. The molecule has 0 aliphatic rings. The number of anilines is 2. The number of aromatic nitrogens is 2. The monoisotopic (exact) mass is 284 g/mol. The molecular formula is C13H24N4O3. The molecule has 0 saturated heterocycles. The molecule has 1 aromatic heterocycles. The number of nitrogens with one attached hydrogen (secondary N) is 2. The predicted molar refractivity (Wildman–Crippen MR) is 80.0 cm³/mol. The van der Waals surface area contributed by atoms with Crippen LogP contribution in [0, 0.1) is 5.92 Å². The van der Waals surface area contributed by atoms with Crippen molar-refractivity contribution in [3.05, 3.63) is 20.8 Å². The van der Waals surface area contributed by atoms with Crippen LogP contribution in [0.3, 0.4) is 0 Å². The van der Waals surface area contributed by atoms with Crippen molar-refractivity contribution >= 4 is 11.5 Å². The van der Waals surface area contributed by atoms with Crippen molar-refractivity contribution in [3.8, 4) is 0 Å². The first kappa shape index (κ1) is 16.3. The molecule has 0 amide bonds. The Morgan fingerprint density at radius 3 is 2.60 bits per heavy atom. The van der Waals surface area contributed by atoms with E-state index in [1.54, 1.807) is 0 Å². The fourth-order valence-electron chi connectivity index (χ4n) is 1.79. The van der Waals surface area contributed by atoms with Gasteiger partial charge in [0.05, 0.1) is 0 Å². The van der Waals surface area contributed by atoms with Crippen molar-refractivity contribution in [2.24, 2.45) is 5.92 Å². The Balaban J connectivity index is 3.13. The number of H-pyrrole nitrogens is 1. The first-order chi connectivity index (χ1) is 9.42. The normalized spacial score (nSPS) is 14.0. The van der Waals surface area contributed by atoms with Gasteiger partial charge in [-0.15, -0.1) is 0 Å². The number of rotatable bonds is 7. The number of nitrogen functional groups attached to an aromatic ring is 1. The largest absolute Gasteiger partial charge is 0.396 e. The lowest BCUT2D eigenvalue weighted by Crippen LogP contribution is -2.37. The minimum Gasteiger partial charge on any atom is -0.396 e. The predicted octanol–water partition coefficient (Wildman–Crippen LogP) is 0.348. The molecule has 0 aromatic carbocycles. The molecule has 20 heavy (non-hydrogen) atoms. The molecule has 0 bridgehead atoms. The van der Waals surface area contributed by atoms with Gasteiger partial charge in [0.25, 0.3) is 5.56 Å². The molecule has 0 aliphatic carbocycles. The van der Waals surface area contributed by atoms with E-state index >= 15 is 0 Å². The zero-order valence-corrected chi connectivity index (χ0v) is 12.3. The Morgan fingerprint density at radius 2 is 2.05 bits per heavy atom. The smallest absolute Gasteiger partial charge is 0.330 e. The lowest BCUT2D eigenvalue weighted by Gasteiger charge is -2.21. The minimum atomic E-state index is -0.530. The quantitative estimate of drug-likeness (QED) is 0.577. The first-order valence-corrected chi connectivity index (χ1v) is 6.92. The van der Waals surface area contributed by atoms with Crippen LogP contribution in [0.2, 0.25) is 0 Å². The molecular weight excluding hydrogens is 260 g/mol. The van der Waals surface area contributed by atoms with Gasteiger partial charge in [0.1, 0.15) is 11.5 Å². The molecule has 1 heterocycles. The molecule has 0 radical (unpaired) electrons. The van der Waals surface area contributed by atoms with E-state index in [-0.39, 0.29) is 30.1 Å². The van der Waals surface area contributed by atoms with Crippen LogP contribution in [-0.2, 0) is 6.54 Å². The molecule has 0 spiro atoms. The summed E-state index contributed by atoms with van der Waals surface area (Å²) >= 11 is 0. The second-order valence-electron chi connectivity index (χ2n) is 5.12. The van der Waals surface area contributed by atoms with Crippen LogP contribution in [0.5, 0.6) is 0 Å². The summed E-state index contributed by atoms with van der Waals surface area (Å²) in [7, 11) is 0. The van der Waals surface area contributed by atoms with Crippen molar-refractivity contribution in [1.82, 2.24) is 9.55 Å².